The molecule has 0 radical (unpaired) electrons. The van der Waals surface area contributed by atoms with Gasteiger partial charge in [-0.05, 0) is 36.6 Å². The van der Waals surface area contributed by atoms with E-state index in [2.05, 4.69) is 24.0 Å². The van der Waals surface area contributed by atoms with Crippen molar-refractivity contribution in [2.24, 2.45) is 0 Å². The number of hydrogen-bond acceptors (Lipinski definition) is 3. The highest BCUT2D eigenvalue weighted by Crippen LogP contribution is 2.29. The van der Waals surface area contributed by atoms with E-state index in [-0.39, 0.29) is 18.0 Å². The van der Waals surface area contributed by atoms with Gasteiger partial charge < -0.3 is 4.90 Å². The highest BCUT2D eigenvalue weighted by molar-refractivity contribution is 5.79. The lowest BCUT2D eigenvalue weighted by molar-refractivity contribution is -0.130. The summed E-state index contributed by atoms with van der Waals surface area (Å²) in [6.07, 6.45) is 2.43. The summed E-state index contributed by atoms with van der Waals surface area (Å²) in [5.41, 5.74) is 3.06. The molecule has 1 aliphatic rings. The number of amides is 1. The molecule has 1 aliphatic heterocycles. The van der Waals surface area contributed by atoms with Crippen molar-refractivity contribution in [1.29, 1.82) is 0 Å². The van der Waals surface area contributed by atoms with E-state index in [0.29, 0.717) is 23.4 Å². The molecule has 0 aliphatic carbocycles. The Morgan fingerprint density at radius 2 is 1.92 bits per heavy atom. The Labute approximate surface area is 151 Å². The fraction of sp³-hybridized carbons (Fsp3) is 0.286. The lowest BCUT2D eigenvalue weighted by Gasteiger charge is -2.18. The van der Waals surface area contributed by atoms with Gasteiger partial charge in [0.05, 0.1) is 17.2 Å². The van der Waals surface area contributed by atoms with Gasteiger partial charge in [0.1, 0.15) is 6.54 Å². The van der Waals surface area contributed by atoms with Crippen LogP contribution in [-0.2, 0) is 11.3 Å². The van der Waals surface area contributed by atoms with Crippen molar-refractivity contribution < 1.29 is 4.79 Å². The monoisotopic (exact) mass is 347 g/mol. The Morgan fingerprint density at radius 1 is 1.15 bits per heavy atom. The Morgan fingerprint density at radius 3 is 2.77 bits per heavy atom. The van der Waals surface area contributed by atoms with E-state index in [9.17, 15) is 9.59 Å². The van der Waals surface area contributed by atoms with Crippen LogP contribution in [0.1, 0.15) is 23.5 Å². The summed E-state index contributed by atoms with van der Waals surface area (Å²) in [4.78, 5) is 31.4. The summed E-state index contributed by atoms with van der Waals surface area (Å²) >= 11 is 0. The smallest absolute Gasteiger partial charge is 0.261 e. The standard InChI is InChI=1S/C21H21N3O2/c1-15-6-2-3-7-17(15)16-10-11-23(12-16)20(25)13-24-14-22-19-9-5-4-8-18(19)21(24)26/h2-9,14,16H,10-13H2,1H3/t16-/m0/s1. The van der Waals surface area contributed by atoms with Gasteiger partial charge in [0.15, 0.2) is 0 Å². The van der Waals surface area contributed by atoms with E-state index in [4.69, 9.17) is 0 Å². The fourth-order valence-electron chi connectivity index (χ4n) is 3.75. The average Bonchev–Trinajstić information content (AvgIpc) is 3.15. The van der Waals surface area contributed by atoms with Gasteiger partial charge >= 0.3 is 0 Å². The number of carbonyl (C=O) groups excluding carboxylic acids is 1. The summed E-state index contributed by atoms with van der Waals surface area (Å²) < 4.78 is 1.41. The molecule has 3 aromatic rings. The minimum absolute atomic E-state index is 0.0275. The molecule has 5 nitrogen and oxygen atoms in total. The average molecular weight is 347 g/mol. The third kappa shape index (κ3) is 3.01. The van der Waals surface area contributed by atoms with Gasteiger partial charge in [-0.1, -0.05) is 36.4 Å². The van der Waals surface area contributed by atoms with Crippen LogP contribution >= 0.6 is 0 Å². The second-order valence-corrected chi connectivity index (χ2v) is 6.88. The van der Waals surface area contributed by atoms with Crippen LogP contribution in [0.2, 0.25) is 0 Å². The maximum Gasteiger partial charge on any atom is 0.261 e. The van der Waals surface area contributed by atoms with Crippen molar-refractivity contribution in [3.8, 4) is 0 Å². The fourth-order valence-corrected chi connectivity index (χ4v) is 3.75. The highest BCUT2D eigenvalue weighted by Gasteiger charge is 2.28. The quantitative estimate of drug-likeness (QED) is 0.732. The molecule has 1 atom stereocenters. The van der Waals surface area contributed by atoms with Crippen LogP contribution in [0.3, 0.4) is 0 Å². The van der Waals surface area contributed by atoms with Gasteiger partial charge in [0.2, 0.25) is 5.91 Å². The van der Waals surface area contributed by atoms with Crippen LogP contribution in [0.4, 0.5) is 0 Å². The minimum Gasteiger partial charge on any atom is -0.341 e. The summed E-state index contributed by atoms with van der Waals surface area (Å²) in [7, 11) is 0. The van der Waals surface area contributed by atoms with Crippen LogP contribution < -0.4 is 5.56 Å². The first-order valence-electron chi connectivity index (χ1n) is 8.91. The number of nitrogens with zero attached hydrogens (tertiary/aromatic N) is 3. The van der Waals surface area contributed by atoms with Crippen LogP contribution in [0.5, 0.6) is 0 Å². The van der Waals surface area contributed by atoms with Gasteiger partial charge in [-0.25, -0.2) is 4.98 Å². The number of hydrogen-bond donors (Lipinski definition) is 0. The number of benzene rings is 2. The highest BCUT2D eigenvalue weighted by atomic mass is 16.2. The molecule has 1 saturated heterocycles. The molecule has 5 heteroatoms. The van der Waals surface area contributed by atoms with Crippen molar-refractivity contribution >= 4 is 16.8 Å². The molecule has 2 heterocycles. The summed E-state index contributed by atoms with van der Waals surface area (Å²) in [5.74, 6) is 0.340. The first-order chi connectivity index (χ1) is 12.6. The van der Waals surface area contributed by atoms with E-state index >= 15 is 0 Å². The maximum absolute atomic E-state index is 12.7. The molecule has 0 bridgehead atoms. The molecular formula is C21H21N3O2. The summed E-state index contributed by atoms with van der Waals surface area (Å²) in [5, 5.41) is 0.544. The number of carbonyl (C=O) groups is 1. The van der Waals surface area contributed by atoms with E-state index in [1.54, 1.807) is 12.1 Å². The maximum atomic E-state index is 12.7. The Hall–Kier alpha value is -2.95. The third-order valence-electron chi connectivity index (χ3n) is 5.21. The lowest BCUT2D eigenvalue weighted by atomic mass is 9.94. The van der Waals surface area contributed by atoms with Gasteiger partial charge in [-0.3, -0.25) is 14.2 Å². The van der Waals surface area contributed by atoms with Crippen molar-refractivity contribution in [3.63, 3.8) is 0 Å². The summed E-state index contributed by atoms with van der Waals surface area (Å²) in [6.45, 7) is 3.59. The zero-order valence-electron chi connectivity index (χ0n) is 14.8. The molecule has 4 rings (SSSR count). The van der Waals surface area contributed by atoms with E-state index < -0.39 is 0 Å². The van der Waals surface area contributed by atoms with Crippen LogP contribution in [0.25, 0.3) is 10.9 Å². The van der Waals surface area contributed by atoms with Crippen molar-refractivity contribution in [2.45, 2.75) is 25.8 Å². The number of aromatic nitrogens is 2. The molecule has 0 spiro atoms. The number of rotatable bonds is 3. The van der Waals surface area contributed by atoms with E-state index in [1.807, 2.05) is 29.2 Å². The van der Waals surface area contributed by atoms with Gasteiger partial charge in [-0.15, -0.1) is 0 Å². The first-order valence-corrected chi connectivity index (χ1v) is 8.91. The van der Waals surface area contributed by atoms with E-state index in [0.717, 1.165) is 13.0 Å². The van der Waals surface area contributed by atoms with Crippen molar-refractivity contribution in [1.82, 2.24) is 14.5 Å². The normalized spacial score (nSPS) is 17.0. The molecule has 1 fully saturated rings. The molecule has 0 saturated carbocycles. The number of likely N-dealkylation sites (tertiary alicyclic amines) is 1. The number of para-hydroxylation sites is 1. The van der Waals surface area contributed by atoms with Crippen molar-refractivity contribution in [2.75, 3.05) is 13.1 Å². The zero-order valence-corrected chi connectivity index (χ0v) is 14.8. The molecule has 132 valence electrons. The van der Waals surface area contributed by atoms with Gasteiger partial charge in [0.25, 0.3) is 5.56 Å². The molecule has 1 aromatic heterocycles. The molecule has 2 aromatic carbocycles. The lowest BCUT2D eigenvalue weighted by Crippen LogP contribution is -2.35. The van der Waals surface area contributed by atoms with Crippen molar-refractivity contribution in [3.05, 3.63) is 76.3 Å². The number of aryl methyl sites for hydroxylation is 1. The topological polar surface area (TPSA) is 55.2 Å². The first kappa shape index (κ1) is 16.5. The third-order valence-corrected chi connectivity index (χ3v) is 5.21. The second-order valence-electron chi connectivity index (χ2n) is 6.88. The molecule has 0 N–H and O–H groups in total. The van der Waals surface area contributed by atoms with Crippen LogP contribution in [0, 0.1) is 6.92 Å². The van der Waals surface area contributed by atoms with Crippen LogP contribution in [0.15, 0.2) is 59.7 Å². The summed E-state index contributed by atoms with van der Waals surface area (Å²) in [6, 6.07) is 15.5. The predicted octanol–water partition coefficient (Wildman–Crippen LogP) is 2.72. The number of fused-ring (bicyclic) bond motifs is 1. The van der Waals surface area contributed by atoms with Gasteiger partial charge in [-0.2, -0.15) is 0 Å². The second kappa shape index (κ2) is 6.75. The minimum atomic E-state index is -0.168. The van der Waals surface area contributed by atoms with Crippen LogP contribution in [-0.4, -0.2) is 33.4 Å². The molecule has 0 unspecified atom stereocenters. The molecule has 26 heavy (non-hydrogen) atoms. The molecular weight excluding hydrogens is 326 g/mol. The SMILES string of the molecule is Cc1ccccc1[C@H]1CCN(C(=O)Cn2cnc3ccccc3c2=O)C1. The predicted molar refractivity (Wildman–Crippen MR) is 101 cm³/mol. The van der Waals surface area contributed by atoms with Gasteiger partial charge in [0, 0.05) is 19.0 Å². The Kier molecular flexibility index (Phi) is 4.29. The molecule has 1 amide bonds. The Balaban J connectivity index is 1.50. The largest absolute Gasteiger partial charge is 0.341 e. The van der Waals surface area contributed by atoms with E-state index in [1.165, 1.54) is 22.0 Å². The Bertz CT molecular complexity index is 1020. The zero-order chi connectivity index (χ0) is 18.1.